The molecule has 1 heterocycles. The number of anilines is 1. The first-order valence-corrected chi connectivity index (χ1v) is 12.2. The number of carbonyl (C=O) groups excluding carboxylic acids is 1. The second kappa shape index (κ2) is 11.5. The van der Waals surface area contributed by atoms with Crippen molar-refractivity contribution in [3.63, 3.8) is 0 Å². The molecule has 0 radical (unpaired) electrons. The van der Waals surface area contributed by atoms with Gasteiger partial charge in [0.2, 0.25) is 0 Å². The number of carbonyl (C=O) groups is 1. The molecule has 7 heteroatoms. The van der Waals surface area contributed by atoms with Crippen LogP contribution in [0.25, 0.3) is 15.8 Å². The summed E-state index contributed by atoms with van der Waals surface area (Å²) in [5.74, 6) is 0.870. The lowest BCUT2D eigenvalue weighted by atomic mass is 9.88. The number of fused-ring (bicyclic) bond motifs is 1. The van der Waals surface area contributed by atoms with Gasteiger partial charge in [0.15, 0.2) is 0 Å². The molecule has 0 amide bonds. The van der Waals surface area contributed by atoms with Crippen molar-refractivity contribution in [3.05, 3.63) is 89.6 Å². The van der Waals surface area contributed by atoms with E-state index in [2.05, 4.69) is 11.4 Å². The Morgan fingerprint density at radius 3 is 2.46 bits per heavy atom. The van der Waals surface area contributed by atoms with Gasteiger partial charge in [-0.05, 0) is 49.4 Å². The summed E-state index contributed by atoms with van der Waals surface area (Å²) in [6, 6.07) is 23.4. The van der Waals surface area contributed by atoms with E-state index in [1.807, 2.05) is 79.9 Å². The average molecular weight is 489 g/mol. The van der Waals surface area contributed by atoms with Crippen LogP contribution in [0.3, 0.4) is 0 Å². The predicted molar refractivity (Wildman–Crippen MR) is 141 cm³/mol. The molecule has 0 bridgehead atoms. The molecule has 0 spiro atoms. The third kappa shape index (κ3) is 5.81. The summed E-state index contributed by atoms with van der Waals surface area (Å²) < 4.78 is 17.4. The summed E-state index contributed by atoms with van der Waals surface area (Å²) in [4.78, 5) is 17.6. The van der Waals surface area contributed by atoms with Gasteiger partial charge >= 0.3 is 5.97 Å². The van der Waals surface area contributed by atoms with Gasteiger partial charge in [0.05, 0.1) is 37.5 Å². The van der Waals surface area contributed by atoms with Crippen molar-refractivity contribution in [3.8, 4) is 11.5 Å². The van der Waals surface area contributed by atoms with Crippen molar-refractivity contribution in [2.45, 2.75) is 19.3 Å². The second-order valence-electron chi connectivity index (χ2n) is 7.76. The molecule has 0 aliphatic carbocycles. The van der Waals surface area contributed by atoms with E-state index in [9.17, 15) is 4.79 Å². The molecule has 0 aliphatic rings. The zero-order valence-electron chi connectivity index (χ0n) is 20.0. The van der Waals surface area contributed by atoms with Crippen LogP contribution >= 0.6 is 11.3 Å². The Morgan fingerprint density at radius 2 is 1.74 bits per heavy atom. The highest BCUT2D eigenvalue weighted by atomic mass is 32.1. The number of nitrogens with zero attached hydrogens (tertiary/aromatic N) is 1. The van der Waals surface area contributed by atoms with Gasteiger partial charge in [-0.2, -0.15) is 0 Å². The fraction of sp³-hybridized carbons (Fsp3) is 0.214. The number of benzene rings is 3. The van der Waals surface area contributed by atoms with Crippen molar-refractivity contribution < 1.29 is 19.0 Å². The van der Waals surface area contributed by atoms with E-state index in [-0.39, 0.29) is 18.3 Å². The van der Waals surface area contributed by atoms with E-state index in [0.717, 1.165) is 37.8 Å². The molecule has 4 rings (SSSR count). The minimum Gasteiger partial charge on any atom is -0.497 e. The normalized spacial score (nSPS) is 12.3. The molecular weight excluding hydrogens is 460 g/mol. The van der Waals surface area contributed by atoms with Gasteiger partial charge in [-0.25, -0.2) is 4.98 Å². The molecule has 3 aromatic carbocycles. The number of para-hydroxylation sites is 2. The molecule has 1 atom stereocenters. The minimum absolute atomic E-state index is 0.153. The van der Waals surface area contributed by atoms with Gasteiger partial charge in [0, 0.05) is 28.9 Å². The zero-order chi connectivity index (χ0) is 24.6. The highest BCUT2D eigenvalue weighted by molar-refractivity contribution is 7.19. The Kier molecular flexibility index (Phi) is 8.00. The van der Waals surface area contributed by atoms with Crippen LogP contribution < -0.4 is 14.8 Å². The Morgan fingerprint density at radius 1 is 1.00 bits per heavy atom. The number of nitrogens with one attached hydrogen (secondary N) is 1. The number of allylic oxidation sites excluding steroid dienone is 1. The van der Waals surface area contributed by atoms with E-state index >= 15 is 0 Å². The predicted octanol–water partition coefficient (Wildman–Crippen LogP) is 6.50. The highest BCUT2D eigenvalue weighted by Crippen LogP contribution is 2.41. The number of aromatic nitrogens is 1. The number of esters is 1. The van der Waals surface area contributed by atoms with Crippen molar-refractivity contribution in [1.29, 1.82) is 0 Å². The Bertz CT molecular complexity index is 1280. The van der Waals surface area contributed by atoms with E-state index in [1.54, 1.807) is 25.6 Å². The molecule has 6 nitrogen and oxygen atoms in total. The summed E-state index contributed by atoms with van der Waals surface area (Å²) in [5, 5.41) is 4.21. The van der Waals surface area contributed by atoms with Crippen molar-refractivity contribution in [2.24, 2.45) is 0 Å². The molecule has 0 saturated heterocycles. The number of hydrogen-bond donors (Lipinski definition) is 1. The topological polar surface area (TPSA) is 69.7 Å². The maximum atomic E-state index is 12.7. The second-order valence-corrected chi connectivity index (χ2v) is 8.79. The smallest absolute Gasteiger partial charge is 0.306 e. The van der Waals surface area contributed by atoms with Gasteiger partial charge in [0.25, 0.3) is 0 Å². The molecule has 0 saturated carbocycles. The van der Waals surface area contributed by atoms with Crippen molar-refractivity contribution in [1.82, 2.24) is 4.98 Å². The van der Waals surface area contributed by atoms with Gasteiger partial charge < -0.3 is 19.5 Å². The standard InChI is InChI=1S/C28H28N2O4S/c1-4-34-27(31)17-22(21-9-5-7-11-25(21)33-3)23(18-29-19-13-15-20(32-2)16-14-19)28-30-24-10-6-8-12-26(24)35-28/h5-16,18,22,29H,4,17H2,1-3H3/b23-18-. The Hall–Kier alpha value is -3.84. The molecule has 1 N–H and O–H groups in total. The van der Waals surface area contributed by atoms with Gasteiger partial charge in [-0.3, -0.25) is 4.79 Å². The molecule has 1 aromatic heterocycles. The summed E-state index contributed by atoms with van der Waals surface area (Å²) in [7, 11) is 3.28. The fourth-order valence-electron chi connectivity index (χ4n) is 3.88. The summed E-state index contributed by atoms with van der Waals surface area (Å²) in [6.45, 7) is 2.13. The lowest BCUT2D eigenvalue weighted by Gasteiger charge is -2.21. The van der Waals surface area contributed by atoms with E-state index in [0.29, 0.717) is 12.4 Å². The van der Waals surface area contributed by atoms with Crippen molar-refractivity contribution in [2.75, 3.05) is 26.1 Å². The number of thiazole rings is 1. The van der Waals surface area contributed by atoms with Crippen LogP contribution in [0.15, 0.2) is 79.0 Å². The number of methoxy groups -OCH3 is 2. The lowest BCUT2D eigenvalue weighted by molar-refractivity contribution is -0.143. The quantitative estimate of drug-likeness (QED) is 0.257. The van der Waals surface area contributed by atoms with E-state index in [1.165, 1.54) is 0 Å². The monoisotopic (exact) mass is 488 g/mol. The SMILES string of the molecule is CCOC(=O)CC(/C(=C/Nc1ccc(OC)cc1)c1nc2ccccc2s1)c1ccccc1OC. The maximum absolute atomic E-state index is 12.7. The highest BCUT2D eigenvalue weighted by Gasteiger charge is 2.27. The van der Waals surface area contributed by atoms with Crippen LogP contribution in [0.2, 0.25) is 0 Å². The third-order valence-corrected chi connectivity index (χ3v) is 6.68. The van der Waals surface area contributed by atoms with Crippen LogP contribution in [-0.2, 0) is 9.53 Å². The minimum atomic E-state index is -0.337. The van der Waals surface area contributed by atoms with Crippen LogP contribution in [0.4, 0.5) is 5.69 Å². The molecule has 1 unspecified atom stereocenters. The molecule has 180 valence electrons. The maximum Gasteiger partial charge on any atom is 0.306 e. The zero-order valence-corrected chi connectivity index (χ0v) is 20.8. The Labute approximate surface area is 209 Å². The molecule has 0 fully saturated rings. The van der Waals surface area contributed by atoms with Gasteiger partial charge in [-0.15, -0.1) is 11.3 Å². The molecule has 4 aromatic rings. The first-order chi connectivity index (χ1) is 17.1. The molecule has 35 heavy (non-hydrogen) atoms. The Balaban J connectivity index is 1.83. The van der Waals surface area contributed by atoms with Gasteiger partial charge in [-0.1, -0.05) is 30.3 Å². The number of rotatable bonds is 10. The third-order valence-electron chi connectivity index (χ3n) is 5.59. The first-order valence-electron chi connectivity index (χ1n) is 11.4. The molecular formula is C28H28N2O4S. The summed E-state index contributed by atoms with van der Waals surface area (Å²) in [6.07, 6.45) is 2.08. The lowest BCUT2D eigenvalue weighted by Crippen LogP contribution is -2.14. The van der Waals surface area contributed by atoms with Crippen LogP contribution in [0, 0.1) is 0 Å². The number of ether oxygens (including phenoxy) is 3. The van der Waals surface area contributed by atoms with Gasteiger partial charge in [0.1, 0.15) is 16.5 Å². The largest absolute Gasteiger partial charge is 0.497 e. The first kappa shape index (κ1) is 24.3. The van der Waals surface area contributed by atoms with Crippen LogP contribution in [0.1, 0.15) is 29.8 Å². The summed E-state index contributed by atoms with van der Waals surface area (Å²) in [5.41, 5.74) is 3.57. The van der Waals surface area contributed by atoms with E-state index < -0.39 is 0 Å². The number of hydrogen-bond acceptors (Lipinski definition) is 7. The van der Waals surface area contributed by atoms with Crippen LogP contribution in [-0.4, -0.2) is 31.8 Å². The molecule has 0 aliphatic heterocycles. The summed E-state index contributed by atoms with van der Waals surface area (Å²) >= 11 is 1.59. The average Bonchev–Trinajstić information content (AvgIpc) is 3.32. The fourth-order valence-corrected chi connectivity index (χ4v) is 4.92. The van der Waals surface area contributed by atoms with E-state index in [4.69, 9.17) is 19.2 Å². The van der Waals surface area contributed by atoms with Crippen LogP contribution in [0.5, 0.6) is 11.5 Å². The van der Waals surface area contributed by atoms with Crippen molar-refractivity contribution >= 4 is 38.8 Å².